The highest BCUT2D eigenvalue weighted by Gasteiger charge is 2.12. The van der Waals surface area contributed by atoms with Gasteiger partial charge in [-0.1, -0.05) is 23.2 Å². The fourth-order valence-corrected chi connectivity index (χ4v) is 1.96. The minimum absolute atomic E-state index is 0.0611. The molecule has 0 aromatic heterocycles. The van der Waals surface area contributed by atoms with E-state index in [9.17, 15) is 9.90 Å². The van der Waals surface area contributed by atoms with Gasteiger partial charge in [-0.2, -0.15) is 0 Å². The van der Waals surface area contributed by atoms with Crippen molar-refractivity contribution in [2.45, 2.75) is 6.92 Å². The van der Waals surface area contributed by atoms with Gasteiger partial charge in [-0.3, -0.25) is 4.79 Å². The van der Waals surface area contributed by atoms with Gasteiger partial charge in [-0.15, -0.1) is 0 Å². The van der Waals surface area contributed by atoms with Gasteiger partial charge in [-0.25, -0.2) is 0 Å². The van der Waals surface area contributed by atoms with Crippen molar-refractivity contribution >= 4 is 23.2 Å². The van der Waals surface area contributed by atoms with Crippen molar-refractivity contribution in [1.29, 1.82) is 0 Å². The number of methoxy groups -OCH3 is 1. The number of aryl methyl sites for hydroxylation is 1. The van der Waals surface area contributed by atoms with Crippen LogP contribution in [0, 0.1) is 6.92 Å². The first-order valence-electron chi connectivity index (χ1n) is 5.96. The molecular formula is C15H14ClNO3. The molecule has 2 N–H and O–H groups in total. The van der Waals surface area contributed by atoms with Gasteiger partial charge in [0.05, 0.1) is 17.7 Å². The maximum absolute atomic E-state index is 12.1. The lowest BCUT2D eigenvalue weighted by Crippen LogP contribution is -2.12. The van der Waals surface area contributed by atoms with E-state index >= 15 is 0 Å². The number of phenolic OH excluding ortho intramolecular Hbond substituents is 1. The third-order valence-corrected chi connectivity index (χ3v) is 3.12. The predicted octanol–water partition coefficient (Wildman–Crippen LogP) is 3.61. The van der Waals surface area contributed by atoms with E-state index in [1.54, 1.807) is 30.3 Å². The van der Waals surface area contributed by atoms with Crippen LogP contribution in [0.3, 0.4) is 0 Å². The molecule has 4 nitrogen and oxygen atoms in total. The number of halogens is 1. The van der Waals surface area contributed by atoms with Gasteiger partial charge in [0.15, 0.2) is 0 Å². The van der Waals surface area contributed by atoms with E-state index in [0.717, 1.165) is 5.56 Å². The molecular weight excluding hydrogens is 278 g/mol. The number of phenols is 1. The Kier molecular flexibility index (Phi) is 4.15. The van der Waals surface area contributed by atoms with E-state index < -0.39 is 5.91 Å². The summed E-state index contributed by atoms with van der Waals surface area (Å²) >= 11 is 5.92. The summed E-state index contributed by atoms with van der Waals surface area (Å²) in [5, 5.41) is 12.9. The van der Waals surface area contributed by atoms with Crippen LogP contribution < -0.4 is 10.1 Å². The molecule has 1 amide bonds. The van der Waals surface area contributed by atoms with E-state index in [0.29, 0.717) is 16.5 Å². The van der Waals surface area contributed by atoms with E-state index in [1.807, 2.05) is 6.92 Å². The number of anilines is 1. The zero-order chi connectivity index (χ0) is 14.7. The molecule has 2 aromatic rings. The van der Waals surface area contributed by atoms with Crippen LogP contribution in [0.4, 0.5) is 5.69 Å². The molecule has 0 bridgehead atoms. The maximum Gasteiger partial charge on any atom is 0.259 e. The van der Waals surface area contributed by atoms with Gasteiger partial charge >= 0.3 is 0 Å². The number of hydrogen-bond donors (Lipinski definition) is 2. The van der Waals surface area contributed by atoms with Crippen LogP contribution in [0.2, 0.25) is 5.02 Å². The first kappa shape index (κ1) is 14.2. The highest BCUT2D eigenvalue weighted by Crippen LogP contribution is 2.28. The molecule has 104 valence electrons. The molecule has 2 aromatic carbocycles. The van der Waals surface area contributed by atoms with Gasteiger partial charge in [0.25, 0.3) is 5.91 Å². The zero-order valence-corrected chi connectivity index (χ0v) is 11.9. The Labute approximate surface area is 122 Å². The second-order valence-electron chi connectivity index (χ2n) is 4.32. The number of amides is 1. The third-order valence-electron chi connectivity index (χ3n) is 2.81. The van der Waals surface area contributed by atoms with Crippen LogP contribution in [0.5, 0.6) is 11.5 Å². The summed E-state index contributed by atoms with van der Waals surface area (Å²) < 4.78 is 5.08. The molecule has 0 heterocycles. The third kappa shape index (κ3) is 3.03. The largest absolute Gasteiger partial charge is 0.507 e. The maximum atomic E-state index is 12.1. The number of hydrogen-bond acceptors (Lipinski definition) is 3. The minimum Gasteiger partial charge on any atom is -0.507 e. The Morgan fingerprint density at radius 3 is 2.70 bits per heavy atom. The molecule has 0 saturated heterocycles. The van der Waals surface area contributed by atoms with Crippen LogP contribution in [-0.4, -0.2) is 18.1 Å². The molecule has 0 saturated carbocycles. The van der Waals surface area contributed by atoms with Crippen molar-refractivity contribution in [1.82, 2.24) is 0 Å². The highest BCUT2D eigenvalue weighted by atomic mass is 35.5. The Balaban J connectivity index is 2.25. The summed E-state index contributed by atoms with van der Waals surface area (Å²) in [7, 11) is 1.50. The molecule has 0 aliphatic heterocycles. The van der Waals surface area contributed by atoms with Crippen LogP contribution in [0.25, 0.3) is 0 Å². The lowest BCUT2D eigenvalue weighted by molar-refractivity contribution is 0.102. The molecule has 0 spiro atoms. The summed E-state index contributed by atoms with van der Waals surface area (Å²) in [5.41, 5.74) is 1.65. The number of carbonyl (C=O) groups excluding carboxylic acids is 1. The van der Waals surface area contributed by atoms with E-state index in [1.165, 1.54) is 13.2 Å². The normalized spacial score (nSPS) is 10.2. The number of nitrogens with one attached hydrogen (secondary N) is 1. The first-order valence-corrected chi connectivity index (χ1v) is 6.33. The van der Waals surface area contributed by atoms with Gasteiger partial charge < -0.3 is 15.2 Å². The summed E-state index contributed by atoms with van der Waals surface area (Å²) in [6.07, 6.45) is 0. The quantitative estimate of drug-likeness (QED) is 0.908. The lowest BCUT2D eigenvalue weighted by atomic mass is 10.1. The smallest absolute Gasteiger partial charge is 0.259 e. The molecule has 0 atom stereocenters. The molecule has 5 heteroatoms. The van der Waals surface area contributed by atoms with Crippen LogP contribution in [0.15, 0.2) is 36.4 Å². The Hall–Kier alpha value is -2.20. The topological polar surface area (TPSA) is 58.6 Å². The Morgan fingerprint density at radius 1 is 1.25 bits per heavy atom. The molecule has 0 fully saturated rings. The van der Waals surface area contributed by atoms with Gasteiger partial charge in [0.2, 0.25) is 0 Å². The molecule has 0 aliphatic rings. The number of benzene rings is 2. The minimum atomic E-state index is -0.393. The van der Waals surface area contributed by atoms with E-state index in [4.69, 9.17) is 16.3 Å². The lowest BCUT2D eigenvalue weighted by Gasteiger charge is -2.09. The fraction of sp³-hybridized carbons (Fsp3) is 0.133. The predicted molar refractivity (Wildman–Crippen MR) is 78.8 cm³/mol. The monoisotopic (exact) mass is 291 g/mol. The molecule has 0 radical (unpaired) electrons. The van der Waals surface area contributed by atoms with Gasteiger partial charge in [0, 0.05) is 11.8 Å². The summed E-state index contributed by atoms with van der Waals surface area (Å²) in [5.74, 6) is 0.0162. The van der Waals surface area contributed by atoms with Crippen molar-refractivity contribution in [2.24, 2.45) is 0 Å². The van der Waals surface area contributed by atoms with Crippen LogP contribution in [-0.2, 0) is 0 Å². The standard InChI is InChI=1S/C15H14ClNO3/c1-9-3-6-13(18)11(7-9)15(19)17-10-4-5-12(16)14(8-10)20-2/h3-8,18H,1-2H3,(H,17,19). The van der Waals surface area contributed by atoms with Crippen LogP contribution in [0.1, 0.15) is 15.9 Å². The van der Waals surface area contributed by atoms with Crippen molar-refractivity contribution in [3.8, 4) is 11.5 Å². The van der Waals surface area contributed by atoms with Crippen LogP contribution >= 0.6 is 11.6 Å². The SMILES string of the molecule is COc1cc(NC(=O)c2cc(C)ccc2O)ccc1Cl. The average molecular weight is 292 g/mol. The van der Waals surface area contributed by atoms with E-state index in [2.05, 4.69) is 5.32 Å². The van der Waals surface area contributed by atoms with Crippen molar-refractivity contribution < 1.29 is 14.6 Å². The molecule has 0 unspecified atom stereocenters. The number of carbonyl (C=O) groups is 1. The molecule has 0 aliphatic carbocycles. The van der Waals surface area contributed by atoms with Gasteiger partial charge in [0.1, 0.15) is 11.5 Å². The average Bonchev–Trinajstić information content (AvgIpc) is 2.43. The molecule has 2 rings (SSSR count). The molecule has 20 heavy (non-hydrogen) atoms. The number of rotatable bonds is 3. The first-order chi connectivity index (χ1) is 9.51. The Morgan fingerprint density at radius 2 is 2.00 bits per heavy atom. The Bertz CT molecular complexity index is 656. The van der Waals surface area contributed by atoms with Crippen molar-refractivity contribution in [3.05, 3.63) is 52.5 Å². The van der Waals surface area contributed by atoms with Crippen molar-refractivity contribution in [3.63, 3.8) is 0 Å². The summed E-state index contributed by atoms with van der Waals surface area (Å²) in [6, 6.07) is 9.76. The second-order valence-corrected chi connectivity index (χ2v) is 4.73. The second kappa shape index (κ2) is 5.84. The number of aromatic hydroxyl groups is 1. The summed E-state index contributed by atoms with van der Waals surface area (Å²) in [4.78, 5) is 12.1. The van der Waals surface area contributed by atoms with Gasteiger partial charge in [-0.05, 0) is 31.2 Å². The van der Waals surface area contributed by atoms with E-state index in [-0.39, 0.29) is 11.3 Å². The fourth-order valence-electron chi connectivity index (χ4n) is 1.77. The van der Waals surface area contributed by atoms with Crippen molar-refractivity contribution in [2.75, 3.05) is 12.4 Å². The highest BCUT2D eigenvalue weighted by molar-refractivity contribution is 6.32. The summed E-state index contributed by atoms with van der Waals surface area (Å²) in [6.45, 7) is 1.85. The number of ether oxygens (including phenoxy) is 1. The zero-order valence-electron chi connectivity index (χ0n) is 11.1.